The minimum atomic E-state index is -4.22. The molecular formula is C11H10BrF3. The molecule has 0 spiro atoms. The summed E-state index contributed by atoms with van der Waals surface area (Å²) in [5, 5.41) is 0. The van der Waals surface area contributed by atoms with Gasteiger partial charge in [-0.05, 0) is 36.0 Å². The lowest BCUT2D eigenvalue weighted by Gasteiger charge is -2.15. The van der Waals surface area contributed by atoms with Gasteiger partial charge in [0.15, 0.2) is 0 Å². The first-order valence-corrected chi connectivity index (χ1v) is 5.72. The number of aryl methyl sites for hydroxylation is 2. The first-order valence-electron chi connectivity index (χ1n) is 4.81. The van der Waals surface area contributed by atoms with Gasteiger partial charge in [-0.1, -0.05) is 34.1 Å². The van der Waals surface area contributed by atoms with E-state index in [4.69, 9.17) is 0 Å². The molecule has 1 aromatic rings. The van der Waals surface area contributed by atoms with Gasteiger partial charge in [0.2, 0.25) is 0 Å². The van der Waals surface area contributed by atoms with Crippen LogP contribution in [0.3, 0.4) is 0 Å². The number of alkyl halides is 4. The van der Waals surface area contributed by atoms with Crippen molar-refractivity contribution in [3.05, 3.63) is 34.9 Å². The van der Waals surface area contributed by atoms with E-state index in [9.17, 15) is 13.2 Å². The van der Waals surface area contributed by atoms with Crippen molar-refractivity contribution in [2.45, 2.75) is 30.3 Å². The van der Waals surface area contributed by atoms with Gasteiger partial charge in [0.05, 0.1) is 0 Å². The molecule has 0 heterocycles. The molecule has 0 saturated heterocycles. The van der Waals surface area contributed by atoms with E-state index in [-0.39, 0.29) is 0 Å². The molecule has 4 heteroatoms. The lowest BCUT2D eigenvalue weighted by atomic mass is 10.0. The summed E-state index contributed by atoms with van der Waals surface area (Å²) in [4.78, 5) is -1.55. The Morgan fingerprint density at radius 3 is 2.47 bits per heavy atom. The summed E-state index contributed by atoms with van der Waals surface area (Å²) in [5.41, 5.74) is 2.57. The predicted octanol–water partition coefficient (Wildman–Crippen LogP) is 4.17. The summed E-state index contributed by atoms with van der Waals surface area (Å²) in [6, 6.07) is 5.06. The number of hydrogen-bond donors (Lipinski definition) is 0. The van der Waals surface area contributed by atoms with Gasteiger partial charge in [-0.15, -0.1) is 0 Å². The fraction of sp³-hybridized carbons (Fsp3) is 0.455. The van der Waals surface area contributed by atoms with Crippen LogP contribution < -0.4 is 0 Å². The maximum absolute atomic E-state index is 12.4. The molecule has 0 aliphatic heterocycles. The van der Waals surface area contributed by atoms with E-state index in [1.54, 1.807) is 12.1 Å². The van der Waals surface area contributed by atoms with Crippen molar-refractivity contribution in [1.82, 2.24) is 0 Å². The van der Waals surface area contributed by atoms with Gasteiger partial charge in [-0.25, -0.2) is 0 Å². The molecule has 1 atom stereocenters. The number of hydrogen-bond acceptors (Lipinski definition) is 0. The summed E-state index contributed by atoms with van der Waals surface area (Å²) in [6.45, 7) is 0. The monoisotopic (exact) mass is 278 g/mol. The zero-order valence-electron chi connectivity index (χ0n) is 7.94. The lowest BCUT2D eigenvalue weighted by molar-refractivity contribution is -0.128. The first-order chi connectivity index (χ1) is 6.98. The smallest absolute Gasteiger partial charge is 0.169 e. The molecule has 15 heavy (non-hydrogen) atoms. The van der Waals surface area contributed by atoms with Gasteiger partial charge in [-0.3, -0.25) is 0 Å². The second-order valence-electron chi connectivity index (χ2n) is 3.79. The quantitative estimate of drug-likeness (QED) is 0.677. The van der Waals surface area contributed by atoms with E-state index >= 15 is 0 Å². The van der Waals surface area contributed by atoms with Crippen LogP contribution in [0.5, 0.6) is 0 Å². The summed E-state index contributed by atoms with van der Waals surface area (Å²) in [7, 11) is 0. The predicted molar refractivity (Wildman–Crippen MR) is 56.2 cm³/mol. The van der Waals surface area contributed by atoms with E-state index in [1.165, 1.54) is 5.56 Å². The van der Waals surface area contributed by atoms with Crippen LogP contribution in [-0.2, 0) is 12.8 Å². The SMILES string of the molecule is FC(F)(F)C(Br)c1ccc2c(c1)CCC2. The minimum absolute atomic E-state index is 0.308. The van der Waals surface area contributed by atoms with Crippen LogP contribution in [-0.4, -0.2) is 6.18 Å². The summed E-state index contributed by atoms with van der Waals surface area (Å²) in [6.07, 6.45) is -1.26. The standard InChI is InChI=1S/C11H10BrF3/c12-10(11(13,14)15)9-5-4-7-2-1-3-8(7)6-9/h4-6,10H,1-3H2. The Balaban J connectivity index is 2.31. The number of benzene rings is 1. The zero-order chi connectivity index (χ0) is 11.1. The van der Waals surface area contributed by atoms with Crippen LogP contribution >= 0.6 is 15.9 Å². The van der Waals surface area contributed by atoms with Crippen molar-refractivity contribution >= 4 is 15.9 Å². The molecule has 0 bridgehead atoms. The van der Waals surface area contributed by atoms with Crippen LogP contribution in [0, 0.1) is 0 Å². The molecule has 0 aromatic heterocycles. The Bertz CT molecular complexity index is 371. The van der Waals surface area contributed by atoms with Crippen LogP contribution in [0.2, 0.25) is 0 Å². The Morgan fingerprint density at radius 2 is 1.80 bits per heavy atom. The lowest BCUT2D eigenvalue weighted by Crippen LogP contribution is -2.15. The number of halogens is 4. The maximum atomic E-state index is 12.4. The normalized spacial score (nSPS) is 17.6. The number of rotatable bonds is 1. The van der Waals surface area contributed by atoms with Gasteiger partial charge >= 0.3 is 6.18 Å². The largest absolute Gasteiger partial charge is 0.405 e. The third-order valence-corrected chi connectivity index (χ3v) is 3.75. The Labute approximate surface area is 94.6 Å². The van der Waals surface area contributed by atoms with E-state index < -0.39 is 11.0 Å². The molecule has 0 saturated carbocycles. The van der Waals surface area contributed by atoms with Crippen molar-refractivity contribution in [2.75, 3.05) is 0 Å². The molecule has 1 unspecified atom stereocenters. The molecule has 1 aliphatic rings. The molecular weight excluding hydrogens is 269 g/mol. The molecule has 0 amide bonds. The molecule has 82 valence electrons. The number of fused-ring (bicyclic) bond motifs is 1. The summed E-state index contributed by atoms with van der Waals surface area (Å²) < 4.78 is 37.3. The average Bonchev–Trinajstić information content (AvgIpc) is 2.61. The van der Waals surface area contributed by atoms with Gasteiger partial charge in [0.1, 0.15) is 4.83 Å². The average molecular weight is 279 g/mol. The van der Waals surface area contributed by atoms with Crippen LogP contribution in [0.1, 0.15) is 27.9 Å². The van der Waals surface area contributed by atoms with Gasteiger partial charge in [0.25, 0.3) is 0 Å². The van der Waals surface area contributed by atoms with E-state index in [0.29, 0.717) is 5.56 Å². The topological polar surface area (TPSA) is 0 Å². The van der Waals surface area contributed by atoms with Crippen molar-refractivity contribution < 1.29 is 13.2 Å². The van der Waals surface area contributed by atoms with Crippen molar-refractivity contribution in [2.24, 2.45) is 0 Å². The Kier molecular flexibility index (Phi) is 2.79. The van der Waals surface area contributed by atoms with Crippen LogP contribution in [0.15, 0.2) is 18.2 Å². The third kappa shape index (κ3) is 2.19. The molecule has 0 N–H and O–H groups in total. The van der Waals surface area contributed by atoms with E-state index in [0.717, 1.165) is 24.8 Å². The van der Waals surface area contributed by atoms with Crippen LogP contribution in [0.25, 0.3) is 0 Å². The van der Waals surface area contributed by atoms with E-state index in [1.807, 2.05) is 6.07 Å². The molecule has 0 nitrogen and oxygen atoms in total. The Hall–Kier alpha value is -0.510. The highest BCUT2D eigenvalue weighted by molar-refractivity contribution is 9.09. The zero-order valence-corrected chi connectivity index (χ0v) is 9.53. The fourth-order valence-corrected chi connectivity index (χ4v) is 2.22. The molecule has 0 fully saturated rings. The van der Waals surface area contributed by atoms with Gasteiger partial charge in [0, 0.05) is 0 Å². The Morgan fingerprint density at radius 1 is 1.13 bits per heavy atom. The highest BCUT2D eigenvalue weighted by Crippen LogP contribution is 2.40. The van der Waals surface area contributed by atoms with Gasteiger partial charge in [-0.2, -0.15) is 13.2 Å². The summed E-state index contributed by atoms with van der Waals surface area (Å²) in [5.74, 6) is 0. The van der Waals surface area contributed by atoms with Crippen molar-refractivity contribution in [1.29, 1.82) is 0 Å². The molecule has 1 aliphatic carbocycles. The maximum Gasteiger partial charge on any atom is 0.405 e. The second kappa shape index (κ2) is 3.81. The highest BCUT2D eigenvalue weighted by atomic mass is 79.9. The fourth-order valence-electron chi connectivity index (χ4n) is 1.94. The third-order valence-electron chi connectivity index (χ3n) is 2.70. The molecule has 1 aromatic carbocycles. The van der Waals surface area contributed by atoms with Gasteiger partial charge < -0.3 is 0 Å². The molecule has 0 radical (unpaired) electrons. The first kappa shape index (κ1) is 11.0. The van der Waals surface area contributed by atoms with Crippen LogP contribution in [0.4, 0.5) is 13.2 Å². The van der Waals surface area contributed by atoms with Crippen molar-refractivity contribution in [3.8, 4) is 0 Å². The van der Waals surface area contributed by atoms with E-state index in [2.05, 4.69) is 15.9 Å². The minimum Gasteiger partial charge on any atom is -0.169 e. The molecule has 2 rings (SSSR count). The van der Waals surface area contributed by atoms with Crippen molar-refractivity contribution in [3.63, 3.8) is 0 Å². The summed E-state index contributed by atoms with van der Waals surface area (Å²) >= 11 is 2.69. The second-order valence-corrected chi connectivity index (χ2v) is 4.70. The highest BCUT2D eigenvalue weighted by Gasteiger charge is 2.39.